The molecule has 3 atom stereocenters. The molecule has 0 radical (unpaired) electrons. The number of nitrogens with two attached hydrogens (primary N) is 1. The summed E-state index contributed by atoms with van der Waals surface area (Å²) >= 11 is 0. The largest absolute Gasteiger partial charge is 0.480 e. The maximum atomic E-state index is 11.2. The van der Waals surface area contributed by atoms with Crippen molar-refractivity contribution in [2.75, 3.05) is 13.1 Å². The van der Waals surface area contributed by atoms with Crippen molar-refractivity contribution >= 4 is 5.97 Å². The Morgan fingerprint density at radius 3 is 2.61 bits per heavy atom. The second kappa shape index (κ2) is 5.17. The normalized spacial score (nSPS) is 38.2. The maximum Gasteiger partial charge on any atom is 0.325 e. The van der Waals surface area contributed by atoms with Gasteiger partial charge in [-0.3, -0.25) is 9.69 Å². The molecule has 0 aromatic rings. The minimum absolute atomic E-state index is 0.524. The summed E-state index contributed by atoms with van der Waals surface area (Å²) in [6.45, 7) is 5.94. The molecule has 2 rings (SSSR count). The lowest BCUT2D eigenvalue weighted by atomic mass is 9.77. The van der Waals surface area contributed by atoms with Gasteiger partial charge < -0.3 is 10.8 Å². The first-order valence-electron chi connectivity index (χ1n) is 7.20. The van der Waals surface area contributed by atoms with Gasteiger partial charge in [0.05, 0.1) is 0 Å². The molecular formula is C14H26N2O2. The summed E-state index contributed by atoms with van der Waals surface area (Å²) < 4.78 is 0. The number of likely N-dealkylation sites (tertiary alicyclic amines) is 1. The van der Waals surface area contributed by atoms with Crippen LogP contribution in [0.25, 0.3) is 0 Å². The molecule has 0 aromatic carbocycles. The van der Waals surface area contributed by atoms with Crippen LogP contribution in [0, 0.1) is 11.8 Å². The van der Waals surface area contributed by atoms with E-state index in [-0.39, 0.29) is 0 Å². The van der Waals surface area contributed by atoms with Gasteiger partial charge in [0.15, 0.2) is 0 Å². The van der Waals surface area contributed by atoms with Gasteiger partial charge in [-0.05, 0) is 31.1 Å². The molecule has 3 unspecified atom stereocenters. The molecule has 0 amide bonds. The molecule has 4 nitrogen and oxygen atoms in total. The summed E-state index contributed by atoms with van der Waals surface area (Å²) in [6, 6.07) is 0.545. The summed E-state index contributed by atoms with van der Waals surface area (Å²) in [5.74, 6) is 0.532. The Balaban J connectivity index is 2.05. The Morgan fingerprint density at radius 2 is 2.06 bits per heavy atom. The Bertz CT molecular complexity index is 319. The fourth-order valence-electron chi connectivity index (χ4n) is 3.69. The van der Waals surface area contributed by atoms with E-state index in [1.54, 1.807) is 0 Å². The van der Waals surface area contributed by atoms with Crippen LogP contribution in [0.5, 0.6) is 0 Å². The topological polar surface area (TPSA) is 66.6 Å². The first-order valence-corrected chi connectivity index (χ1v) is 7.20. The molecule has 4 heteroatoms. The zero-order valence-electron chi connectivity index (χ0n) is 11.6. The average molecular weight is 254 g/mol. The van der Waals surface area contributed by atoms with Gasteiger partial charge in [0.2, 0.25) is 0 Å². The Hall–Kier alpha value is -0.610. The Morgan fingerprint density at radius 1 is 1.39 bits per heavy atom. The molecule has 0 spiro atoms. The first-order chi connectivity index (χ1) is 8.44. The van der Waals surface area contributed by atoms with Crippen LogP contribution >= 0.6 is 0 Å². The lowest BCUT2D eigenvalue weighted by Gasteiger charge is -2.40. The number of carboxylic acid groups (broad SMARTS) is 1. The summed E-state index contributed by atoms with van der Waals surface area (Å²) in [5, 5.41) is 9.21. The van der Waals surface area contributed by atoms with E-state index < -0.39 is 11.5 Å². The molecule has 0 aromatic heterocycles. The van der Waals surface area contributed by atoms with E-state index >= 15 is 0 Å². The van der Waals surface area contributed by atoms with Gasteiger partial charge >= 0.3 is 5.97 Å². The van der Waals surface area contributed by atoms with Crippen molar-refractivity contribution in [2.24, 2.45) is 17.6 Å². The van der Waals surface area contributed by atoms with E-state index in [2.05, 4.69) is 18.7 Å². The molecule has 1 saturated carbocycles. The molecule has 104 valence electrons. The van der Waals surface area contributed by atoms with Crippen LogP contribution < -0.4 is 5.73 Å². The standard InChI is InChI=1S/C14H26N2O2/c1-10(2)11-5-3-4-6-12(11)16-8-7-14(15,9-16)13(17)18/h10-12H,3-9,15H2,1-2H3,(H,17,18). The van der Waals surface area contributed by atoms with Crippen LogP contribution in [-0.2, 0) is 4.79 Å². The predicted octanol–water partition coefficient (Wildman–Crippen LogP) is 1.69. The van der Waals surface area contributed by atoms with E-state index in [1.165, 1.54) is 25.7 Å². The number of hydrogen-bond acceptors (Lipinski definition) is 3. The van der Waals surface area contributed by atoms with Gasteiger partial charge in [-0.2, -0.15) is 0 Å². The molecule has 18 heavy (non-hydrogen) atoms. The second-order valence-electron chi connectivity index (χ2n) is 6.44. The Kier molecular flexibility index (Phi) is 3.97. The number of rotatable bonds is 3. The van der Waals surface area contributed by atoms with Gasteiger partial charge in [-0.15, -0.1) is 0 Å². The molecule has 1 heterocycles. The zero-order valence-corrected chi connectivity index (χ0v) is 11.6. The van der Waals surface area contributed by atoms with E-state index in [0.29, 0.717) is 30.8 Å². The summed E-state index contributed by atoms with van der Waals surface area (Å²) in [5.41, 5.74) is 4.96. The van der Waals surface area contributed by atoms with E-state index in [9.17, 15) is 9.90 Å². The van der Waals surface area contributed by atoms with Gasteiger partial charge in [-0.25, -0.2) is 0 Å². The monoisotopic (exact) mass is 254 g/mol. The van der Waals surface area contributed by atoms with Crippen molar-refractivity contribution in [3.8, 4) is 0 Å². The first kappa shape index (κ1) is 13.8. The number of carbonyl (C=O) groups is 1. The highest BCUT2D eigenvalue weighted by Gasteiger charge is 2.45. The third kappa shape index (κ3) is 2.54. The molecule has 2 aliphatic rings. The van der Waals surface area contributed by atoms with Crippen molar-refractivity contribution in [3.05, 3.63) is 0 Å². The van der Waals surface area contributed by atoms with Crippen molar-refractivity contribution in [1.29, 1.82) is 0 Å². The molecular weight excluding hydrogens is 228 g/mol. The van der Waals surface area contributed by atoms with Crippen molar-refractivity contribution in [1.82, 2.24) is 4.90 Å². The minimum Gasteiger partial charge on any atom is -0.480 e. The van der Waals surface area contributed by atoms with Gasteiger partial charge in [0.1, 0.15) is 5.54 Å². The van der Waals surface area contributed by atoms with Gasteiger partial charge in [-0.1, -0.05) is 26.7 Å². The van der Waals surface area contributed by atoms with Crippen LogP contribution in [0.15, 0.2) is 0 Å². The third-order valence-corrected chi connectivity index (χ3v) is 4.86. The molecule has 1 aliphatic carbocycles. The highest BCUT2D eigenvalue weighted by molar-refractivity contribution is 5.79. The second-order valence-corrected chi connectivity index (χ2v) is 6.44. The van der Waals surface area contributed by atoms with E-state index in [1.807, 2.05) is 0 Å². The summed E-state index contributed by atoms with van der Waals surface area (Å²) in [6.07, 6.45) is 5.67. The lowest BCUT2D eigenvalue weighted by Crippen LogP contribution is -2.52. The third-order valence-electron chi connectivity index (χ3n) is 4.86. The number of nitrogens with zero attached hydrogens (tertiary/aromatic N) is 1. The molecule has 2 fully saturated rings. The van der Waals surface area contributed by atoms with Crippen molar-refractivity contribution < 1.29 is 9.90 Å². The number of hydrogen-bond donors (Lipinski definition) is 2. The maximum absolute atomic E-state index is 11.2. The fraction of sp³-hybridized carbons (Fsp3) is 0.929. The highest BCUT2D eigenvalue weighted by atomic mass is 16.4. The van der Waals surface area contributed by atoms with Crippen molar-refractivity contribution in [2.45, 2.75) is 57.5 Å². The lowest BCUT2D eigenvalue weighted by molar-refractivity contribution is -0.142. The van der Waals surface area contributed by atoms with Crippen LogP contribution in [0.3, 0.4) is 0 Å². The molecule has 3 N–H and O–H groups in total. The Labute approximate surface area is 110 Å². The van der Waals surface area contributed by atoms with E-state index in [0.717, 1.165) is 6.54 Å². The van der Waals surface area contributed by atoms with Crippen LogP contribution in [0.2, 0.25) is 0 Å². The quantitative estimate of drug-likeness (QED) is 0.804. The number of aliphatic carboxylic acids is 1. The van der Waals surface area contributed by atoms with Gasteiger partial charge in [0.25, 0.3) is 0 Å². The smallest absolute Gasteiger partial charge is 0.325 e. The average Bonchev–Trinajstić information content (AvgIpc) is 2.73. The minimum atomic E-state index is -1.01. The van der Waals surface area contributed by atoms with Crippen LogP contribution in [0.1, 0.15) is 46.0 Å². The fourth-order valence-corrected chi connectivity index (χ4v) is 3.69. The predicted molar refractivity (Wildman–Crippen MR) is 71.3 cm³/mol. The van der Waals surface area contributed by atoms with Crippen LogP contribution in [-0.4, -0.2) is 40.6 Å². The molecule has 1 saturated heterocycles. The van der Waals surface area contributed by atoms with E-state index in [4.69, 9.17) is 5.73 Å². The highest BCUT2D eigenvalue weighted by Crippen LogP contribution is 2.36. The molecule has 1 aliphatic heterocycles. The SMILES string of the molecule is CC(C)C1CCCCC1N1CCC(N)(C(=O)O)C1. The van der Waals surface area contributed by atoms with Crippen LogP contribution in [0.4, 0.5) is 0 Å². The molecule has 0 bridgehead atoms. The van der Waals surface area contributed by atoms with Crippen molar-refractivity contribution in [3.63, 3.8) is 0 Å². The van der Waals surface area contributed by atoms with Gasteiger partial charge in [0, 0.05) is 19.1 Å². The summed E-state index contributed by atoms with van der Waals surface area (Å²) in [7, 11) is 0. The zero-order chi connectivity index (χ0) is 13.3. The number of carboxylic acids is 1. The summed E-state index contributed by atoms with van der Waals surface area (Å²) in [4.78, 5) is 13.6.